The summed E-state index contributed by atoms with van der Waals surface area (Å²) in [4.78, 5) is 0. The van der Waals surface area contributed by atoms with Gasteiger partial charge in [-0.3, -0.25) is 0 Å². The van der Waals surface area contributed by atoms with E-state index in [4.69, 9.17) is 0 Å². The molecular formula is C68H88. The number of hydrogen-bond donors (Lipinski definition) is 0. The Balaban J connectivity index is 0.000000200. The summed E-state index contributed by atoms with van der Waals surface area (Å²) in [5.41, 5.74) is 12.4. The van der Waals surface area contributed by atoms with Crippen LogP contribution in [0.3, 0.4) is 0 Å². The van der Waals surface area contributed by atoms with Crippen molar-refractivity contribution < 1.29 is 0 Å². The third kappa shape index (κ3) is 16.9. The minimum Gasteiger partial charge on any atom is -0.0911 e. The van der Waals surface area contributed by atoms with Crippen LogP contribution in [0.1, 0.15) is 169 Å². The molecule has 0 aliphatic heterocycles. The zero-order valence-corrected chi connectivity index (χ0v) is 46.2. The first-order chi connectivity index (χ1) is 31.4. The van der Waals surface area contributed by atoms with Crippen molar-refractivity contribution in [2.75, 3.05) is 0 Å². The van der Waals surface area contributed by atoms with Crippen molar-refractivity contribution in [3.8, 4) is 0 Å². The van der Waals surface area contributed by atoms with Crippen LogP contribution in [0.25, 0.3) is 56.6 Å². The molecule has 0 N–H and O–H groups in total. The fraction of sp³-hybridized carbons (Fsp3) is 0.382. The van der Waals surface area contributed by atoms with E-state index in [0.717, 1.165) is 0 Å². The Kier molecular flexibility index (Phi) is 18.1. The van der Waals surface area contributed by atoms with E-state index >= 15 is 0 Å². The van der Waals surface area contributed by atoms with Gasteiger partial charge in [0.1, 0.15) is 0 Å². The van der Waals surface area contributed by atoms with Gasteiger partial charge in [-0.15, -0.1) is 0 Å². The molecule has 2 aliphatic carbocycles. The molecule has 0 amide bonds. The second-order valence-electron chi connectivity index (χ2n) is 24.6. The van der Waals surface area contributed by atoms with E-state index in [-0.39, 0.29) is 21.7 Å². The average Bonchev–Trinajstić information content (AvgIpc) is 3.72. The SMILES string of the molecule is C/C=C\C(C)(C)C.C/C=C\C(C)(C)C.CC(C)(C)C=Cc1ccc2cc(/C=C\C(C)(C)C)ccc2c1.CC1(C)C=Cc2ccc3c4c(ccc3c21)C=CC4(C)C.Cc1ccc2cc(C)ccc2c1. The van der Waals surface area contributed by atoms with Crippen molar-refractivity contribution >= 4 is 56.6 Å². The minimum absolute atomic E-state index is 0.138. The monoisotopic (exact) mass is 905 g/mol. The van der Waals surface area contributed by atoms with Gasteiger partial charge in [-0.05, 0) is 127 Å². The predicted octanol–water partition coefficient (Wildman–Crippen LogP) is 21.1. The number of rotatable bonds is 2. The third-order valence-electron chi connectivity index (χ3n) is 11.8. The standard InChI is InChI=1S/C22H28.C20H20.C12H12.2C7H14/c1-21(2,3)13-11-17-7-9-20-16-18(8-10-19(20)15-17)12-14-22(4,5)6;1-19(2)11-9-13-5-8-16-15(17(13)19)7-6-14-10-12-20(3,4)18(14)16;1-9-3-5-12-8-10(2)4-6-11(12)7-9;2*1-5-6-7(2,3)4/h7-16H,1-6H3;5-12H,1-4H3;3-8H,1-2H3;2*5-6H,1-4H3/b13-11-,14-12?;;;2*6-5-. The number of aryl methyl sites for hydroxylation is 2. The molecule has 0 saturated heterocycles. The van der Waals surface area contributed by atoms with Crippen LogP contribution >= 0.6 is 0 Å². The molecule has 0 atom stereocenters. The Bertz CT molecular complexity index is 2630. The number of hydrogen-bond acceptors (Lipinski definition) is 0. The van der Waals surface area contributed by atoms with Gasteiger partial charge in [-0.25, -0.2) is 0 Å². The third-order valence-corrected chi connectivity index (χ3v) is 11.8. The summed E-state index contributed by atoms with van der Waals surface area (Å²) < 4.78 is 0. The Hall–Kier alpha value is -5.46. The van der Waals surface area contributed by atoms with Crippen molar-refractivity contribution in [2.45, 2.75) is 149 Å². The van der Waals surface area contributed by atoms with Gasteiger partial charge >= 0.3 is 0 Å². The first-order valence-corrected chi connectivity index (χ1v) is 25.1. The fourth-order valence-electron chi connectivity index (χ4n) is 8.59. The summed E-state index contributed by atoms with van der Waals surface area (Å²) in [6.07, 6.45) is 26.7. The van der Waals surface area contributed by atoms with E-state index in [1.807, 2.05) is 13.8 Å². The first kappa shape index (κ1) is 55.1. The van der Waals surface area contributed by atoms with Crippen LogP contribution in [0, 0.1) is 35.5 Å². The normalized spacial score (nSPS) is 14.9. The Morgan fingerprint density at radius 2 is 0.676 bits per heavy atom. The summed E-state index contributed by atoms with van der Waals surface area (Å²) in [6.45, 7) is 44.0. The van der Waals surface area contributed by atoms with Crippen molar-refractivity contribution in [1.82, 2.24) is 0 Å². The maximum atomic E-state index is 2.33. The quantitative estimate of drug-likeness (QED) is 0.152. The zero-order chi connectivity index (χ0) is 50.9. The number of fused-ring (bicyclic) bond motifs is 7. The van der Waals surface area contributed by atoms with Crippen LogP contribution in [0.15, 0.2) is 146 Å². The predicted molar refractivity (Wildman–Crippen MR) is 311 cm³/mol. The van der Waals surface area contributed by atoms with Crippen molar-refractivity contribution in [3.63, 3.8) is 0 Å². The first-order valence-electron chi connectivity index (χ1n) is 25.1. The van der Waals surface area contributed by atoms with Crippen LogP contribution in [0.2, 0.25) is 0 Å². The molecule has 0 saturated carbocycles. The highest BCUT2D eigenvalue weighted by molar-refractivity contribution is 5.98. The fourth-order valence-corrected chi connectivity index (χ4v) is 8.59. The van der Waals surface area contributed by atoms with Gasteiger partial charge in [0.05, 0.1) is 0 Å². The molecule has 360 valence electrons. The second-order valence-corrected chi connectivity index (χ2v) is 24.6. The highest BCUT2D eigenvalue weighted by atomic mass is 14.3. The molecule has 8 rings (SSSR count). The molecule has 6 aromatic rings. The molecule has 0 spiro atoms. The number of benzene rings is 6. The maximum absolute atomic E-state index is 2.33. The summed E-state index contributed by atoms with van der Waals surface area (Å²) in [5, 5.41) is 8.11. The molecule has 2 aliphatic rings. The Morgan fingerprint density at radius 3 is 0.971 bits per heavy atom. The van der Waals surface area contributed by atoms with Gasteiger partial charge in [0, 0.05) is 10.8 Å². The lowest BCUT2D eigenvalue weighted by Gasteiger charge is -2.25. The minimum atomic E-state index is 0.138. The molecule has 0 heteroatoms. The van der Waals surface area contributed by atoms with Gasteiger partial charge in [-0.2, -0.15) is 0 Å². The summed E-state index contributed by atoms with van der Waals surface area (Å²) in [7, 11) is 0. The second kappa shape index (κ2) is 22.3. The van der Waals surface area contributed by atoms with Gasteiger partial charge in [0.15, 0.2) is 0 Å². The number of allylic oxidation sites excluding steroid dienone is 8. The van der Waals surface area contributed by atoms with Crippen LogP contribution in [0.4, 0.5) is 0 Å². The highest BCUT2D eigenvalue weighted by Gasteiger charge is 2.31. The van der Waals surface area contributed by atoms with Crippen LogP contribution in [0.5, 0.6) is 0 Å². The molecule has 0 fully saturated rings. The Labute approximate surface area is 415 Å². The molecule has 6 aromatic carbocycles. The van der Waals surface area contributed by atoms with Crippen LogP contribution < -0.4 is 0 Å². The molecule has 68 heavy (non-hydrogen) atoms. The van der Waals surface area contributed by atoms with Crippen LogP contribution in [-0.4, -0.2) is 0 Å². The zero-order valence-electron chi connectivity index (χ0n) is 46.2. The molecule has 0 unspecified atom stereocenters. The van der Waals surface area contributed by atoms with Gasteiger partial charge in [-0.1, -0.05) is 280 Å². The van der Waals surface area contributed by atoms with E-state index in [1.165, 1.54) is 76.8 Å². The van der Waals surface area contributed by atoms with E-state index in [1.54, 1.807) is 0 Å². The lowest BCUT2D eigenvalue weighted by Crippen LogP contribution is -2.14. The van der Waals surface area contributed by atoms with Crippen molar-refractivity contribution in [2.24, 2.45) is 21.7 Å². The van der Waals surface area contributed by atoms with Gasteiger partial charge in [0.25, 0.3) is 0 Å². The summed E-state index contributed by atoms with van der Waals surface area (Å²) in [5.74, 6) is 0. The van der Waals surface area contributed by atoms with Crippen molar-refractivity contribution in [3.05, 3.63) is 190 Å². The average molecular weight is 905 g/mol. The smallest absolute Gasteiger partial charge is 0.00907 e. The van der Waals surface area contributed by atoms with Crippen LogP contribution in [-0.2, 0) is 10.8 Å². The Morgan fingerprint density at radius 1 is 0.368 bits per heavy atom. The molecule has 0 bridgehead atoms. The lowest BCUT2D eigenvalue weighted by molar-refractivity contribution is 0.543. The van der Waals surface area contributed by atoms with E-state index in [0.29, 0.717) is 10.8 Å². The molecule has 0 aromatic heterocycles. The summed E-state index contributed by atoms with van der Waals surface area (Å²) >= 11 is 0. The largest absolute Gasteiger partial charge is 0.0911 e. The van der Waals surface area contributed by atoms with Gasteiger partial charge < -0.3 is 0 Å². The van der Waals surface area contributed by atoms with Gasteiger partial charge in [0.2, 0.25) is 0 Å². The molecular weight excluding hydrogens is 817 g/mol. The summed E-state index contributed by atoms with van der Waals surface area (Å²) in [6, 6.07) is 35.6. The van der Waals surface area contributed by atoms with E-state index in [9.17, 15) is 0 Å². The highest BCUT2D eigenvalue weighted by Crippen LogP contribution is 2.46. The molecule has 0 nitrogen and oxygen atoms in total. The van der Waals surface area contributed by atoms with E-state index < -0.39 is 0 Å². The van der Waals surface area contributed by atoms with E-state index in [2.05, 4.69) is 295 Å². The molecule has 0 heterocycles. The lowest BCUT2D eigenvalue weighted by atomic mass is 9.79. The topological polar surface area (TPSA) is 0 Å². The molecule has 0 radical (unpaired) electrons. The van der Waals surface area contributed by atoms with Crippen molar-refractivity contribution in [1.29, 1.82) is 0 Å². The maximum Gasteiger partial charge on any atom is 0.00907 e.